The number of fused-ring (bicyclic) bond motifs is 1. The first-order chi connectivity index (χ1) is 13.7. The second-order valence-corrected chi connectivity index (χ2v) is 7.95. The molecular weight excluding hydrogens is 354 g/mol. The molecule has 3 heterocycles. The normalized spacial score (nSPS) is 19.9. The minimum atomic E-state index is -0.318. The van der Waals surface area contributed by atoms with Crippen LogP contribution in [0, 0.1) is 5.92 Å². The summed E-state index contributed by atoms with van der Waals surface area (Å²) in [5.74, 6) is 2.14. The molecule has 1 aromatic carbocycles. The van der Waals surface area contributed by atoms with Crippen molar-refractivity contribution in [2.24, 2.45) is 5.92 Å². The molecule has 1 amide bonds. The standard InChI is InChI=1S/C21H23N5O2/c27-20-15(11-22-19(25-20)14-7-8-14)21(28)26-9-3-4-13(12-26)10-18-23-16-5-1-2-6-17(16)24-18/h1-2,5-6,11,13-14H,3-4,7-10,12H2,(H,23,24)(H,22,25,27)/t13-/m0/s1. The average Bonchev–Trinajstić information content (AvgIpc) is 3.47. The van der Waals surface area contributed by atoms with Gasteiger partial charge in [0.1, 0.15) is 17.2 Å². The van der Waals surface area contributed by atoms with Gasteiger partial charge in [-0.15, -0.1) is 0 Å². The SMILES string of the molecule is O=C(c1cnc(C2CC2)[nH]c1=O)N1CCC[C@@H](Cc2nc3ccccc3[nH]2)C1. The van der Waals surface area contributed by atoms with Crippen LogP contribution in [0.3, 0.4) is 0 Å². The van der Waals surface area contributed by atoms with E-state index in [1.165, 1.54) is 6.20 Å². The number of carbonyl (C=O) groups is 1. The Hall–Kier alpha value is -2.96. The van der Waals surface area contributed by atoms with Crippen molar-refractivity contribution in [3.63, 3.8) is 0 Å². The molecule has 7 heteroatoms. The number of rotatable bonds is 4. The molecule has 1 aliphatic heterocycles. The highest BCUT2D eigenvalue weighted by molar-refractivity contribution is 5.93. The summed E-state index contributed by atoms with van der Waals surface area (Å²) in [7, 11) is 0. The van der Waals surface area contributed by atoms with Crippen LogP contribution in [0.15, 0.2) is 35.3 Å². The lowest BCUT2D eigenvalue weighted by atomic mass is 9.94. The average molecular weight is 377 g/mol. The van der Waals surface area contributed by atoms with Crippen molar-refractivity contribution in [1.82, 2.24) is 24.8 Å². The van der Waals surface area contributed by atoms with E-state index in [0.29, 0.717) is 30.7 Å². The molecule has 0 spiro atoms. The fourth-order valence-corrected chi connectivity index (χ4v) is 4.09. The van der Waals surface area contributed by atoms with Crippen molar-refractivity contribution in [3.05, 3.63) is 58.0 Å². The van der Waals surface area contributed by atoms with Crippen molar-refractivity contribution < 1.29 is 4.79 Å². The van der Waals surface area contributed by atoms with Crippen LogP contribution in [0.25, 0.3) is 11.0 Å². The number of imidazole rings is 1. The van der Waals surface area contributed by atoms with Crippen LogP contribution in [0.4, 0.5) is 0 Å². The van der Waals surface area contributed by atoms with Gasteiger partial charge in [0.05, 0.1) is 11.0 Å². The molecule has 2 fully saturated rings. The predicted octanol–water partition coefficient (Wildman–Crippen LogP) is 2.62. The van der Waals surface area contributed by atoms with E-state index in [-0.39, 0.29) is 17.0 Å². The Morgan fingerprint density at radius 2 is 2.04 bits per heavy atom. The summed E-state index contributed by atoms with van der Waals surface area (Å²) in [5, 5.41) is 0. The molecule has 28 heavy (non-hydrogen) atoms. The minimum absolute atomic E-state index is 0.147. The molecule has 2 aromatic heterocycles. The number of carbonyl (C=O) groups excluding carboxylic acids is 1. The zero-order valence-electron chi connectivity index (χ0n) is 15.6. The molecule has 7 nitrogen and oxygen atoms in total. The number of hydrogen-bond donors (Lipinski definition) is 2. The first-order valence-corrected chi connectivity index (χ1v) is 9.99. The molecule has 1 saturated carbocycles. The van der Waals surface area contributed by atoms with Crippen molar-refractivity contribution in [1.29, 1.82) is 0 Å². The Morgan fingerprint density at radius 1 is 1.18 bits per heavy atom. The number of nitrogens with one attached hydrogen (secondary N) is 2. The van der Waals surface area contributed by atoms with E-state index in [9.17, 15) is 9.59 Å². The Kier molecular flexibility index (Phi) is 4.22. The highest BCUT2D eigenvalue weighted by Crippen LogP contribution is 2.37. The third-order valence-electron chi connectivity index (χ3n) is 5.74. The zero-order valence-corrected chi connectivity index (χ0v) is 15.6. The lowest BCUT2D eigenvalue weighted by Gasteiger charge is -2.32. The summed E-state index contributed by atoms with van der Waals surface area (Å²) < 4.78 is 0. The molecule has 1 atom stereocenters. The molecule has 5 rings (SSSR count). The Balaban J connectivity index is 1.29. The maximum absolute atomic E-state index is 12.9. The summed E-state index contributed by atoms with van der Waals surface area (Å²) in [6.07, 6.45) is 6.36. The van der Waals surface area contributed by atoms with Gasteiger partial charge in [-0.2, -0.15) is 0 Å². The topological polar surface area (TPSA) is 94.7 Å². The maximum atomic E-state index is 12.9. The number of piperidine rings is 1. The smallest absolute Gasteiger partial charge is 0.263 e. The van der Waals surface area contributed by atoms with Crippen molar-refractivity contribution in [2.75, 3.05) is 13.1 Å². The molecule has 2 aliphatic rings. The molecule has 1 saturated heterocycles. The van der Waals surface area contributed by atoms with Crippen LogP contribution in [-0.2, 0) is 6.42 Å². The number of benzene rings is 1. The zero-order chi connectivity index (χ0) is 19.1. The Labute approximate surface area is 162 Å². The fourth-order valence-electron chi connectivity index (χ4n) is 4.09. The van der Waals surface area contributed by atoms with Crippen molar-refractivity contribution in [3.8, 4) is 0 Å². The van der Waals surface area contributed by atoms with Crippen LogP contribution >= 0.6 is 0 Å². The maximum Gasteiger partial charge on any atom is 0.263 e. The summed E-state index contributed by atoms with van der Waals surface area (Å²) in [6, 6.07) is 7.99. The van der Waals surface area contributed by atoms with Gasteiger partial charge in [-0.3, -0.25) is 9.59 Å². The van der Waals surface area contributed by atoms with E-state index in [4.69, 9.17) is 0 Å². The van der Waals surface area contributed by atoms with Gasteiger partial charge in [-0.25, -0.2) is 9.97 Å². The molecule has 1 aliphatic carbocycles. The number of para-hydroxylation sites is 2. The Morgan fingerprint density at radius 3 is 2.82 bits per heavy atom. The van der Waals surface area contributed by atoms with Crippen molar-refractivity contribution in [2.45, 2.75) is 38.0 Å². The summed E-state index contributed by atoms with van der Waals surface area (Å²) in [5.41, 5.74) is 1.83. The second-order valence-electron chi connectivity index (χ2n) is 7.95. The highest BCUT2D eigenvalue weighted by Gasteiger charge is 2.29. The van der Waals surface area contributed by atoms with Gasteiger partial charge in [0.2, 0.25) is 0 Å². The van der Waals surface area contributed by atoms with Gasteiger partial charge in [0.25, 0.3) is 11.5 Å². The van der Waals surface area contributed by atoms with Gasteiger partial charge in [-0.05, 0) is 43.7 Å². The summed E-state index contributed by atoms with van der Waals surface area (Å²) >= 11 is 0. The van der Waals surface area contributed by atoms with Crippen LogP contribution in [0.2, 0.25) is 0 Å². The summed E-state index contributed by atoms with van der Waals surface area (Å²) in [6.45, 7) is 1.32. The Bertz CT molecular complexity index is 1050. The number of aromatic nitrogens is 4. The molecule has 0 unspecified atom stereocenters. The van der Waals surface area contributed by atoms with Gasteiger partial charge < -0.3 is 14.9 Å². The molecule has 3 aromatic rings. The number of amides is 1. The van der Waals surface area contributed by atoms with Gasteiger partial charge in [-0.1, -0.05) is 12.1 Å². The summed E-state index contributed by atoms with van der Waals surface area (Å²) in [4.78, 5) is 42.2. The number of nitrogens with zero attached hydrogens (tertiary/aromatic N) is 3. The largest absolute Gasteiger partial charge is 0.342 e. The van der Waals surface area contributed by atoms with E-state index in [0.717, 1.165) is 49.0 Å². The second kappa shape index (κ2) is 6.89. The highest BCUT2D eigenvalue weighted by atomic mass is 16.2. The van der Waals surface area contributed by atoms with E-state index < -0.39 is 0 Å². The minimum Gasteiger partial charge on any atom is -0.342 e. The van der Waals surface area contributed by atoms with E-state index >= 15 is 0 Å². The lowest BCUT2D eigenvalue weighted by Crippen LogP contribution is -2.42. The fraction of sp³-hybridized carbons (Fsp3) is 0.429. The number of aromatic amines is 2. The first-order valence-electron chi connectivity index (χ1n) is 9.99. The van der Waals surface area contributed by atoms with Crippen LogP contribution < -0.4 is 5.56 Å². The van der Waals surface area contributed by atoms with Gasteiger partial charge in [0, 0.05) is 31.6 Å². The molecule has 2 N–H and O–H groups in total. The third kappa shape index (κ3) is 3.32. The quantitative estimate of drug-likeness (QED) is 0.731. The number of hydrogen-bond acceptors (Lipinski definition) is 4. The van der Waals surface area contributed by atoms with Gasteiger partial charge >= 0.3 is 0 Å². The molecule has 0 bridgehead atoms. The monoisotopic (exact) mass is 377 g/mol. The first kappa shape index (κ1) is 17.2. The third-order valence-corrected chi connectivity index (χ3v) is 5.74. The molecule has 0 radical (unpaired) electrons. The molecule has 144 valence electrons. The van der Waals surface area contributed by atoms with Crippen molar-refractivity contribution >= 4 is 16.9 Å². The molecular formula is C21H23N5O2. The van der Waals surface area contributed by atoms with Gasteiger partial charge in [0.15, 0.2) is 0 Å². The van der Waals surface area contributed by atoms with Crippen LogP contribution in [0.5, 0.6) is 0 Å². The van der Waals surface area contributed by atoms with E-state index in [1.807, 2.05) is 24.3 Å². The predicted molar refractivity (Wildman–Crippen MR) is 105 cm³/mol. The van der Waals surface area contributed by atoms with E-state index in [1.54, 1.807) is 4.90 Å². The van der Waals surface area contributed by atoms with Crippen LogP contribution in [0.1, 0.15) is 53.6 Å². The number of H-pyrrole nitrogens is 2. The lowest BCUT2D eigenvalue weighted by molar-refractivity contribution is 0.0670. The van der Waals surface area contributed by atoms with E-state index in [2.05, 4.69) is 19.9 Å². The van der Waals surface area contributed by atoms with Crippen LogP contribution in [-0.4, -0.2) is 43.8 Å². The number of likely N-dealkylation sites (tertiary alicyclic amines) is 1.